The van der Waals surface area contributed by atoms with Crippen LogP contribution in [-0.2, 0) is 37.3 Å². The minimum absolute atomic E-state index is 0.184. The summed E-state index contributed by atoms with van der Waals surface area (Å²) in [6.45, 7) is 6.40. The molecule has 2 aromatic heterocycles. The normalized spacial score (nSPS) is 17.6. The Morgan fingerprint density at radius 1 is 1.23 bits per heavy atom. The van der Waals surface area contributed by atoms with Crippen LogP contribution in [0.15, 0.2) is 33.7 Å². The molecule has 0 amide bonds. The number of ether oxygens (including phenoxy) is 2. The highest BCUT2D eigenvalue weighted by molar-refractivity contribution is 7.89. The fourth-order valence-electron chi connectivity index (χ4n) is 4.11. The minimum atomic E-state index is -5.08. The summed E-state index contributed by atoms with van der Waals surface area (Å²) in [5.74, 6) is -1.33. The zero-order valence-corrected chi connectivity index (χ0v) is 23.0. The summed E-state index contributed by atoms with van der Waals surface area (Å²) in [7, 11) is -3.72. The second-order valence-electron chi connectivity index (χ2n) is 9.02. The lowest BCUT2D eigenvalue weighted by atomic mass is 9.97. The van der Waals surface area contributed by atoms with E-state index in [0.717, 1.165) is 30.0 Å². The third kappa shape index (κ3) is 7.27. The molecule has 3 N–H and O–H groups in total. The molecule has 2 aliphatic rings. The summed E-state index contributed by atoms with van der Waals surface area (Å²) in [6.07, 6.45) is -2.57. The Labute approximate surface area is 231 Å². The summed E-state index contributed by atoms with van der Waals surface area (Å²) in [5, 5.41) is 11.0. The Balaban J connectivity index is 0.000000470. The molecule has 2 saturated heterocycles. The van der Waals surface area contributed by atoms with Gasteiger partial charge in [-0.15, -0.1) is 0 Å². The Bertz CT molecular complexity index is 1420. The fourth-order valence-corrected chi connectivity index (χ4v) is 6.09. The lowest BCUT2D eigenvalue weighted by Gasteiger charge is -2.49. The van der Waals surface area contributed by atoms with Crippen molar-refractivity contribution < 1.29 is 45.4 Å². The van der Waals surface area contributed by atoms with E-state index >= 15 is 0 Å². The van der Waals surface area contributed by atoms with Gasteiger partial charge in [-0.2, -0.15) is 13.2 Å². The molecule has 2 fully saturated rings. The number of carboxylic acid groups (broad SMARTS) is 1. The largest absolute Gasteiger partial charge is 0.490 e. The van der Waals surface area contributed by atoms with E-state index in [9.17, 15) is 21.6 Å². The molecule has 220 valence electrons. The maximum atomic E-state index is 13.1. The van der Waals surface area contributed by atoms with Crippen LogP contribution < -0.4 is 10.0 Å². The molecular formula is C23H28F3N5O7S2. The number of halogens is 3. The molecule has 0 spiro atoms. The zero-order valence-electron chi connectivity index (χ0n) is 21.4. The summed E-state index contributed by atoms with van der Waals surface area (Å²) in [6, 6.07) is 4.99. The van der Waals surface area contributed by atoms with Crippen LogP contribution in [0.4, 0.5) is 18.3 Å². The second kappa shape index (κ2) is 12.4. The number of aliphatic carboxylic acids is 1. The van der Waals surface area contributed by atoms with Gasteiger partial charge in [-0.3, -0.25) is 4.90 Å². The van der Waals surface area contributed by atoms with Gasteiger partial charge < -0.3 is 24.3 Å². The van der Waals surface area contributed by atoms with Gasteiger partial charge in [-0.05, 0) is 18.2 Å². The summed E-state index contributed by atoms with van der Waals surface area (Å²) in [5.41, 5.74) is 0.150. The molecule has 5 rings (SSSR count). The third-order valence-corrected chi connectivity index (χ3v) is 8.66. The lowest BCUT2D eigenvalue weighted by molar-refractivity contribution is -0.192. The predicted molar refractivity (Wildman–Crippen MR) is 138 cm³/mol. The Morgan fingerprint density at radius 2 is 1.90 bits per heavy atom. The van der Waals surface area contributed by atoms with E-state index in [4.69, 9.17) is 23.8 Å². The molecule has 12 nitrogen and oxygen atoms in total. The smallest absolute Gasteiger partial charge is 0.475 e. The minimum Gasteiger partial charge on any atom is -0.475 e. The number of fused-ring (bicyclic) bond motifs is 2. The average Bonchev–Trinajstić information content (AvgIpc) is 3.56. The fraction of sp³-hybridized carbons (Fsp3) is 0.522. The van der Waals surface area contributed by atoms with Crippen molar-refractivity contribution in [3.8, 4) is 0 Å². The van der Waals surface area contributed by atoms with E-state index in [1.54, 1.807) is 24.4 Å². The number of alkyl halides is 3. The number of hydrogen-bond donors (Lipinski definition) is 3. The lowest BCUT2D eigenvalue weighted by Crippen LogP contribution is -2.67. The first kappa shape index (κ1) is 30.1. The molecule has 0 unspecified atom stereocenters. The van der Waals surface area contributed by atoms with E-state index < -0.39 is 27.7 Å². The topological polar surface area (TPSA) is 156 Å². The molecular weight excluding hydrogens is 579 g/mol. The molecule has 1 aromatic carbocycles. The van der Waals surface area contributed by atoms with Gasteiger partial charge in [0.1, 0.15) is 5.76 Å². The van der Waals surface area contributed by atoms with Crippen LogP contribution in [0.1, 0.15) is 18.6 Å². The number of nitrogens with zero attached hydrogens (tertiary/aromatic N) is 3. The number of carboxylic acids is 1. The number of anilines is 1. The van der Waals surface area contributed by atoms with Crippen molar-refractivity contribution in [2.45, 2.75) is 36.5 Å². The number of rotatable bonds is 8. The number of nitrogens with one attached hydrogen (secondary N) is 2. The van der Waals surface area contributed by atoms with Crippen LogP contribution in [0.2, 0.25) is 0 Å². The standard InChI is InChI=1S/C21H27N5O5S2.C2HF3O2/c1-2-15-10-22-19(31-15)11-23-20-25-17-9-16(3-4-18(17)32-20)33(27,28)24-12-21-13-29-7-5-26(21)6-8-30-14-21;3-2(4,5)1(6)7/h3-4,9-10,24H,2,5-8,11-14H2,1H3,(H,23,25);(H,6,7). The number of aryl methyl sites for hydroxylation is 1. The summed E-state index contributed by atoms with van der Waals surface area (Å²) < 4.78 is 78.4. The van der Waals surface area contributed by atoms with Crippen LogP contribution in [0.5, 0.6) is 0 Å². The van der Waals surface area contributed by atoms with Crippen LogP contribution in [-0.4, -0.2) is 92.1 Å². The summed E-state index contributed by atoms with van der Waals surface area (Å²) in [4.78, 5) is 20.1. The number of hydrogen-bond acceptors (Lipinski definition) is 11. The van der Waals surface area contributed by atoms with Gasteiger partial charge in [0, 0.05) is 26.1 Å². The van der Waals surface area contributed by atoms with Crippen molar-refractivity contribution in [3.05, 3.63) is 36.0 Å². The van der Waals surface area contributed by atoms with E-state index in [2.05, 4.69) is 24.9 Å². The Hall–Kier alpha value is -2.83. The first-order valence-electron chi connectivity index (χ1n) is 12.2. The maximum absolute atomic E-state index is 13.1. The van der Waals surface area contributed by atoms with E-state index in [1.807, 2.05) is 6.92 Å². The van der Waals surface area contributed by atoms with Gasteiger partial charge in [0.15, 0.2) is 5.13 Å². The second-order valence-corrected chi connectivity index (χ2v) is 11.8. The predicted octanol–water partition coefficient (Wildman–Crippen LogP) is 2.47. The first-order valence-corrected chi connectivity index (χ1v) is 14.5. The van der Waals surface area contributed by atoms with Crippen LogP contribution in [0, 0.1) is 0 Å². The molecule has 0 saturated carbocycles. The average molecular weight is 608 g/mol. The van der Waals surface area contributed by atoms with Gasteiger partial charge in [0.25, 0.3) is 0 Å². The van der Waals surface area contributed by atoms with Gasteiger partial charge in [0.2, 0.25) is 15.9 Å². The van der Waals surface area contributed by atoms with E-state index in [0.29, 0.717) is 49.5 Å². The zero-order chi connectivity index (χ0) is 29.0. The first-order chi connectivity index (χ1) is 18.9. The van der Waals surface area contributed by atoms with Crippen LogP contribution in [0.25, 0.3) is 10.2 Å². The van der Waals surface area contributed by atoms with Crippen molar-refractivity contribution in [1.29, 1.82) is 0 Å². The number of carbonyl (C=O) groups is 1. The van der Waals surface area contributed by atoms with Gasteiger partial charge in [-0.1, -0.05) is 18.3 Å². The maximum Gasteiger partial charge on any atom is 0.490 e. The number of sulfonamides is 1. The van der Waals surface area contributed by atoms with Gasteiger partial charge in [0.05, 0.1) is 59.8 Å². The van der Waals surface area contributed by atoms with Crippen molar-refractivity contribution in [2.24, 2.45) is 0 Å². The van der Waals surface area contributed by atoms with E-state index in [1.165, 1.54) is 11.3 Å². The number of morpholine rings is 2. The third-order valence-electron chi connectivity index (χ3n) is 6.27. The number of benzene rings is 1. The molecule has 17 heteroatoms. The molecule has 3 aromatic rings. The quantitative estimate of drug-likeness (QED) is 0.346. The molecule has 0 bridgehead atoms. The highest BCUT2D eigenvalue weighted by Crippen LogP contribution is 2.29. The van der Waals surface area contributed by atoms with Crippen LogP contribution >= 0.6 is 11.3 Å². The van der Waals surface area contributed by atoms with Gasteiger partial charge in [-0.25, -0.2) is 27.9 Å². The van der Waals surface area contributed by atoms with Crippen molar-refractivity contribution in [1.82, 2.24) is 19.6 Å². The molecule has 0 radical (unpaired) electrons. The monoisotopic (exact) mass is 607 g/mol. The number of thiazole rings is 1. The molecule has 2 aliphatic heterocycles. The molecule has 4 heterocycles. The molecule has 0 aliphatic carbocycles. The van der Waals surface area contributed by atoms with Crippen LogP contribution in [0.3, 0.4) is 0 Å². The SMILES string of the molecule is CCc1cnc(CNc2nc3cc(S(=O)(=O)NCC45COCCN4CCOC5)ccc3s2)o1.O=C(O)C(F)(F)F. The molecule has 40 heavy (non-hydrogen) atoms. The van der Waals surface area contributed by atoms with Crippen molar-refractivity contribution >= 4 is 42.7 Å². The summed E-state index contributed by atoms with van der Waals surface area (Å²) >= 11 is 1.45. The molecule has 0 atom stereocenters. The highest BCUT2D eigenvalue weighted by Gasteiger charge is 2.43. The highest BCUT2D eigenvalue weighted by atomic mass is 32.2. The van der Waals surface area contributed by atoms with Gasteiger partial charge >= 0.3 is 12.1 Å². The Morgan fingerprint density at radius 3 is 2.50 bits per heavy atom. The number of aromatic nitrogens is 2. The van der Waals surface area contributed by atoms with Crippen molar-refractivity contribution in [3.63, 3.8) is 0 Å². The van der Waals surface area contributed by atoms with E-state index in [-0.39, 0.29) is 11.4 Å². The Kier molecular flexibility index (Phi) is 9.31. The van der Waals surface area contributed by atoms with Crippen molar-refractivity contribution in [2.75, 3.05) is 51.4 Å². The number of oxazole rings is 1.